The Hall–Kier alpha value is -0.970. The highest BCUT2D eigenvalue weighted by Gasteiger charge is 2.20. The summed E-state index contributed by atoms with van der Waals surface area (Å²) in [5.74, 6) is 0.853. The van der Waals surface area contributed by atoms with Crippen LogP contribution in [-0.4, -0.2) is 43.7 Å². The molecule has 1 aromatic heterocycles. The lowest BCUT2D eigenvalue weighted by atomic mass is 10.2. The quantitative estimate of drug-likeness (QED) is 0.688. The van der Waals surface area contributed by atoms with Crippen molar-refractivity contribution in [3.8, 4) is 0 Å². The average molecular weight is 263 g/mol. The van der Waals surface area contributed by atoms with Gasteiger partial charge in [-0.1, -0.05) is 6.07 Å². The Kier molecular flexibility index (Phi) is 5.76. The summed E-state index contributed by atoms with van der Waals surface area (Å²) < 4.78 is 5.65. The fraction of sp³-hybridized carbons (Fsp3) is 0.667. The fourth-order valence-corrected chi connectivity index (χ4v) is 1.97. The molecule has 1 aromatic rings. The highest BCUT2D eigenvalue weighted by Crippen LogP contribution is 2.28. The van der Waals surface area contributed by atoms with Crippen LogP contribution in [0.25, 0.3) is 0 Å². The number of aromatic nitrogens is 1. The number of hydrogen-bond acceptors (Lipinski definition) is 4. The van der Waals surface area contributed by atoms with Gasteiger partial charge in [0.1, 0.15) is 0 Å². The molecule has 0 aromatic carbocycles. The molecule has 0 amide bonds. The van der Waals surface area contributed by atoms with Crippen LogP contribution in [0.4, 0.5) is 0 Å². The number of hydrogen-bond donors (Lipinski definition) is 1. The summed E-state index contributed by atoms with van der Waals surface area (Å²) in [6, 6.07) is 4.24. The Bertz CT molecular complexity index is 362. The number of rotatable bonds is 9. The van der Waals surface area contributed by atoms with E-state index in [2.05, 4.69) is 34.4 Å². The molecule has 1 aliphatic rings. The van der Waals surface area contributed by atoms with Gasteiger partial charge in [-0.3, -0.25) is 9.88 Å². The van der Waals surface area contributed by atoms with E-state index in [1.807, 2.05) is 13.2 Å². The molecule has 4 nitrogen and oxygen atoms in total. The van der Waals surface area contributed by atoms with E-state index in [0.717, 1.165) is 44.5 Å². The normalized spacial score (nSPS) is 15.1. The summed E-state index contributed by atoms with van der Waals surface area (Å²) in [5.41, 5.74) is 2.34. The van der Waals surface area contributed by atoms with Crippen molar-refractivity contribution in [2.75, 3.05) is 33.9 Å². The highest BCUT2D eigenvalue weighted by molar-refractivity contribution is 5.13. The summed E-state index contributed by atoms with van der Waals surface area (Å²) in [7, 11) is 4.06. The van der Waals surface area contributed by atoms with Gasteiger partial charge in [-0.15, -0.1) is 0 Å². The van der Waals surface area contributed by atoms with Crippen LogP contribution in [-0.2, 0) is 17.8 Å². The second-order valence-electron chi connectivity index (χ2n) is 5.44. The lowest BCUT2D eigenvalue weighted by molar-refractivity contribution is 0.101. The minimum Gasteiger partial charge on any atom is -0.380 e. The SMILES string of the molecule is CNCc1ccc(CN(C)CCOCC2CC2)nc1. The molecule has 0 spiro atoms. The monoisotopic (exact) mass is 263 g/mol. The van der Waals surface area contributed by atoms with Gasteiger partial charge >= 0.3 is 0 Å². The smallest absolute Gasteiger partial charge is 0.0593 e. The van der Waals surface area contributed by atoms with E-state index in [-0.39, 0.29) is 0 Å². The molecular weight excluding hydrogens is 238 g/mol. The van der Waals surface area contributed by atoms with Crippen LogP contribution in [0.2, 0.25) is 0 Å². The molecule has 4 heteroatoms. The summed E-state index contributed by atoms with van der Waals surface area (Å²) >= 11 is 0. The van der Waals surface area contributed by atoms with Crippen molar-refractivity contribution in [1.82, 2.24) is 15.2 Å². The first-order valence-corrected chi connectivity index (χ1v) is 7.12. The van der Waals surface area contributed by atoms with Gasteiger partial charge in [0, 0.05) is 32.4 Å². The number of likely N-dealkylation sites (N-methyl/N-ethyl adjacent to an activating group) is 1. The van der Waals surface area contributed by atoms with Crippen molar-refractivity contribution in [3.63, 3.8) is 0 Å². The molecule has 2 rings (SSSR count). The van der Waals surface area contributed by atoms with Gasteiger partial charge in [0.05, 0.1) is 12.3 Å². The Labute approximate surface area is 116 Å². The van der Waals surface area contributed by atoms with Gasteiger partial charge in [-0.25, -0.2) is 0 Å². The van der Waals surface area contributed by atoms with Crippen molar-refractivity contribution in [2.24, 2.45) is 5.92 Å². The van der Waals surface area contributed by atoms with Crippen LogP contribution < -0.4 is 5.32 Å². The van der Waals surface area contributed by atoms with Crippen LogP contribution in [0.3, 0.4) is 0 Å². The van der Waals surface area contributed by atoms with E-state index in [0.29, 0.717) is 0 Å². The minimum absolute atomic E-state index is 0.824. The zero-order chi connectivity index (χ0) is 13.5. The van der Waals surface area contributed by atoms with E-state index < -0.39 is 0 Å². The van der Waals surface area contributed by atoms with Gasteiger partial charge < -0.3 is 10.1 Å². The molecule has 0 aliphatic heterocycles. The van der Waals surface area contributed by atoms with Gasteiger partial charge in [0.25, 0.3) is 0 Å². The van der Waals surface area contributed by atoms with Crippen molar-refractivity contribution in [3.05, 3.63) is 29.6 Å². The van der Waals surface area contributed by atoms with Crippen molar-refractivity contribution in [2.45, 2.75) is 25.9 Å². The maximum absolute atomic E-state index is 5.65. The predicted molar refractivity (Wildman–Crippen MR) is 76.9 cm³/mol. The molecule has 1 heterocycles. The second kappa shape index (κ2) is 7.58. The molecular formula is C15H25N3O. The molecule has 0 atom stereocenters. The van der Waals surface area contributed by atoms with Crippen molar-refractivity contribution < 1.29 is 4.74 Å². The van der Waals surface area contributed by atoms with Crippen molar-refractivity contribution in [1.29, 1.82) is 0 Å². The van der Waals surface area contributed by atoms with Crippen LogP contribution in [0.15, 0.2) is 18.3 Å². The summed E-state index contributed by atoms with van der Waals surface area (Å²) in [5, 5.41) is 3.13. The molecule has 1 N–H and O–H groups in total. The van der Waals surface area contributed by atoms with E-state index >= 15 is 0 Å². The first-order chi connectivity index (χ1) is 9.28. The number of pyridine rings is 1. The van der Waals surface area contributed by atoms with E-state index in [4.69, 9.17) is 4.74 Å². The van der Waals surface area contributed by atoms with Gasteiger partial charge in [-0.05, 0) is 44.5 Å². The third-order valence-electron chi connectivity index (χ3n) is 3.37. The molecule has 1 aliphatic carbocycles. The average Bonchev–Trinajstić information content (AvgIpc) is 3.22. The van der Waals surface area contributed by atoms with Crippen molar-refractivity contribution >= 4 is 0 Å². The number of nitrogens with zero attached hydrogens (tertiary/aromatic N) is 2. The van der Waals surface area contributed by atoms with Gasteiger partial charge in [0.15, 0.2) is 0 Å². The predicted octanol–water partition coefficient (Wildman–Crippen LogP) is 1.66. The van der Waals surface area contributed by atoms with Crippen LogP contribution in [0.5, 0.6) is 0 Å². The Morgan fingerprint density at radius 2 is 2.26 bits per heavy atom. The van der Waals surface area contributed by atoms with E-state index in [1.54, 1.807) is 0 Å². The summed E-state index contributed by atoms with van der Waals surface area (Å²) in [4.78, 5) is 6.74. The number of ether oxygens (including phenoxy) is 1. The molecule has 0 unspecified atom stereocenters. The third kappa shape index (κ3) is 5.68. The van der Waals surface area contributed by atoms with Crippen LogP contribution >= 0.6 is 0 Å². The zero-order valence-corrected chi connectivity index (χ0v) is 12.1. The Morgan fingerprint density at radius 3 is 2.89 bits per heavy atom. The summed E-state index contributed by atoms with van der Waals surface area (Å²) in [6.45, 7) is 4.49. The lowest BCUT2D eigenvalue weighted by Crippen LogP contribution is -2.23. The molecule has 1 fully saturated rings. The molecule has 0 radical (unpaired) electrons. The third-order valence-corrected chi connectivity index (χ3v) is 3.37. The van der Waals surface area contributed by atoms with Gasteiger partial charge in [-0.2, -0.15) is 0 Å². The molecule has 0 bridgehead atoms. The summed E-state index contributed by atoms with van der Waals surface area (Å²) in [6.07, 6.45) is 4.67. The highest BCUT2D eigenvalue weighted by atomic mass is 16.5. The van der Waals surface area contributed by atoms with Gasteiger partial charge in [0.2, 0.25) is 0 Å². The van der Waals surface area contributed by atoms with Crippen LogP contribution in [0, 0.1) is 5.92 Å². The maximum Gasteiger partial charge on any atom is 0.0593 e. The Balaban J connectivity index is 1.63. The van der Waals surface area contributed by atoms with E-state index in [9.17, 15) is 0 Å². The zero-order valence-electron chi connectivity index (χ0n) is 12.1. The molecule has 19 heavy (non-hydrogen) atoms. The molecule has 1 saturated carbocycles. The maximum atomic E-state index is 5.65. The largest absolute Gasteiger partial charge is 0.380 e. The fourth-order valence-electron chi connectivity index (χ4n) is 1.97. The van der Waals surface area contributed by atoms with Crippen LogP contribution in [0.1, 0.15) is 24.1 Å². The standard InChI is InChI=1S/C15H25N3O/c1-16-9-14-5-6-15(17-10-14)11-18(2)7-8-19-12-13-3-4-13/h5-6,10,13,16H,3-4,7-9,11-12H2,1-2H3. The lowest BCUT2D eigenvalue weighted by Gasteiger charge is -2.16. The molecule has 106 valence electrons. The minimum atomic E-state index is 0.824. The Morgan fingerprint density at radius 1 is 1.42 bits per heavy atom. The topological polar surface area (TPSA) is 37.4 Å². The first-order valence-electron chi connectivity index (χ1n) is 7.12. The number of nitrogens with one attached hydrogen (secondary N) is 1. The second-order valence-corrected chi connectivity index (χ2v) is 5.44. The van der Waals surface area contributed by atoms with E-state index in [1.165, 1.54) is 18.4 Å². The molecule has 0 saturated heterocycles. The first kappa shape index (κ1) is 14.4.